The summed E-state index contributed by atoms with van der Waals surface area (Å²) >= 11 is 1.54. The molecule has 0 atom stereocenters. The number of amides is 1. The number of para-hydroxylation sites is 1. The lowest BCUT2D eigenvalue weighted by molar-refractivity contribution is -0.111. The van der Waals surface area contributed by atoms with Crippen molar-refractivity contribution in [2.24, 2.45) is 0 Å². The second kappa shape index (κ2) is 6.26. The number of benzene rings is 1. The number of aryl methyl sites for hydroxylation is 1. The lowest BCUT2D eigenvalue weighted by Gasteiger charge is -2.06. The molecular weight excluding hydrogens is 260 g/mol. The molecule has 1 amide bonds. The van der Waals surface area contributed by atoms with Crippen LogP contribution in [0.25, 0.3) is 6.08 Å². The van der Waals surface area contributed by atoms with Crippen LogP contribution in [0.1, 0.15) is 16.3 Å². The fraction of sp³-hybridized carbons (Fsp3) is 0.143. The van der Waals surface area contributed by atoms with E-state index in [1.807, 2.05) is 24.4 Å². The van der Waals surface area contributed by atoms with Crippen molar-refractivity contribution < 1.29 is 9.90 Å². The molecule has 19 heavy (non-hydrogen) atoms. The van der Waals surface area contributed by atoms with Crippen molar-refractivity contribution in [3.8, 4) is 0 Å². The highest BCUT2D eigenvalue weighted by Crippen LogP contribution is 2.15. The fourth-order valence-corrected chi connectivity index (χ4v) is 2.15. The van der Waals surface area contributed by atoms with Crippen LogP contribution in [-0.2, 0) is 11.4 Å². The largest absolute Gasteiger partial charge is 0.392 e. The van der Waals surface area contributed by atoms with E-state index in [0.717, 1.165) is 10.7 Å². The third-order valence-electron chi connectivity index (χ3n) is 2.49. The quantitative estimate of drug-likeness (QED) is 0.842. The first-order chi connectivity index (χ1) is 9.19. The first kappa shape index (κ1) is 13.5. The number of rotatable bonds is 4. The zero-order valence-electron chi connectivity index (χ0n) is 10.5. The summed E-state index contributed by atoms with van der Waals surface area (Å²) in [6.45, 7) is 1.81. The Kier molecular flexibility index (Phi) is 4.43. The van der Waals surface area contributed by atoms with E-state index in [-0.39, 0.29) is 12.5 Å². The number of carbonyl (C=O) groups excluding carboxylic acids is 1. The van der Waals surface area contributed by atoms with Crippen LogP contribution < -0.4 is 5.32 Å². The number of anilines is 1. The van der Waals surface area contributed by atoms with Gasteiger partial charge in [-0.1, -0.05) is 18.2 Å². The summed E-state index contributed by atoms with van der Waals surface area (Å²) in [7, 11) is 0. The van der Waals surface area contributed by atoms with Crippen LogP contribution in [-0.4, -0.2) is 16.0 Å². The van der Waals surface area contributed by atoms with Crippen LogP contribution in [0, 0.1) is 6.92 Å². The minimum absolute atomic E-state index is 0.106. The Hall–Kier alpha value is -1.98. The number of nitrogens with one attached hydrogen (secondary N) is 1. The molecule has 2 aromatic rings. The second-order valence-corrected chi connectivity index (χ2v) is 4.99. The van der Waals surface area contributed by atoms with Crippen molar-refractivity contribution in [3.05, 3.63) is 52.0 Å². The van der Waals surface area contributed by atoms with E-state index in [4.69, 9.17) is 5.11 Å². The topological polar surface area (TPSA) is 62.2 Å². The Morgan fingerprint density at radius 1 is 1.47 bits per heavy atom. The highest BCUT2D eigenvalue weighted by Gasteiger charge is 2.03. The van der Waals surface area contributed by atoms with Crippen molar-refractivity contribution in [2.75, 3.05) is 5.32 Å². The van der Waals surface area contributed by atoms with Crippen LogP contribution in [0.5, 0.6) is 0 Å². The third-order valence-corrected chi connectivity index (χ3v) is 3.28. The Morgan fingerprint density at radius 2 is 2.26 bits per heavy atom. The molecule has 0 bridgehead atoms. The number of hydrogen-bond donors (Lipinski definition) is 2. The van der Waals surface area contributed by atoms with Gasteiger partial charge < -0.3 is 10.4 Å². The lowest BCUT2D eigenvalue weighted by atomic mass is 10.2. The number of carbonyl (C=O) groups is 1. The molecule has 0 saturated carbocycles. The Bertz CT molecular complexity index is 605. The van der Waals surface area contributed by atoms with E-state index >= 15 is 0 Å². The summed E-state index contributed by atoms with van der Waals surface area (Å²) in [5, 5.41) is 14.7. The average Bonchev–Trinajstić information content (AvgIpc) is 2.83. The molecule has 1 aromatic carbocycles. The van der Waals surface area contributed by atoms with E-state index in [1.54, 1.807) is 18.2 Å². The molecule has 0 saturated heterocycles. The minimum atomic E-state index is -0.244. The smallest absolute Gasteiger partial charge is 0.248 e. The van der Waals surface area contributed by atoms with Gasteiger partial charge in [-0.05, 0) is 19.1 Å². The molecule has 2 N–H and O–H groups in total. The molecule has 0 aliphatic carbocycles. The van der Waals surface area contributed by atoms with Crippen molar-refractivity contribution in [3.63, 3.8) is 0 Å². The third kappa shape index (κ3) is 3.74. The summed E-state index contributed by atoms with van der Waals surface area (Å²) in [6, 6.07) is 7.14. The van der Waals surface area contributed by atoms with Gasteiger partial charge in [0.1, 0.15) is 0 Å². The first-order valence-corrected chi connectivity index (χ1v) is 6.67. The maximum atomic E-state index is 11.8. The molecule has 0 radical (unpaired) electrons. The molecule has 4 nitrogen and oxygen atoms in total. The van der Waals surface area contributed by atoms with Crippen molar-refractivity contribution in [1.29, 1.82) is 0 Å². The zero-order chi connectivity index (χ0) is 13.7. The van der Waals surface area contributed by atoms with Crippen LogP contribution in [0.4, 0.5) is 5.69 Å². The van der Waals surface area contributed by atoms with Crippen LogP contribution in [0.2, 0.25) is 0 Å². The molecule has 1 heterocycles. The number of aromatic nitrogens is 1. The van der Waals surface area contributed by atoms with Crippen LogP contribution >= 0.6 is 11.3 Å². The number of aliphatic hydroxyl groups excluding tert-OH is 1. The summed E-state index contributed by atoms with van der Waals surface area (Å²) < 4.78 is 0. The normalized spacial score (nSPS) is 10.8. The van der Waals surface area contributed by atoms with Crippen molar-refractivity contribution >= 4 is 29.0 Å². The lowest BCUT2D eigenvalue weighted by Crippen LogP contribution is -2.09. The molecule has 0 unspecified atom stereocenters. The van der Waals surface area contributed by atoms with Gasteiger partial charge >= 0.3 is 0 Å². The Morgan fingerprint density at radius 3 is 2.95 bits per heavy atom. The Labute approximate surface area is 115 Å². The van der Waals surface area contributed by atoms with Gasteiger partial charge in [-0.25, -0.2) is 4.98 Å². The standard InChI is InChI=1S/C14H14N2O2S/c1-10-15-12(9-19-10)6-7-14(18)16-13-5-3-2-4-11(13)8-17/h2-7,9,17H,8H2,1H3,(H,16,18)/b7-6+. The molecular formula is C14H14N2O2S. The number of aliphatic hydroxyl groups is 1. The molecule has 5 heteroatoms. The van der Waals surface area contributed by atoms with Gasteiger partial charge in [0.15, 0.2) is 0 Å². The van der Waals surface area contributed by atoms with E-state index < -0.39 is 0 Å². The fourth-order valence-electron chi connectivity index (χ4n) is 1.57. The SMILES string of the molecule is Cc1nc(/C=C/C(=O)Nc2ccccc2CO)cs1. The molecule has 0 aliphatic heterocycles. The molecule has 2 rings (SSSR count). The van der Waals surface area contributed by atoms with E-state index in [2.05, 4.69) is 10.3 Å². The van der Waals surface area contributed by atoms with Gasteiger partial charge in [-0.3, -0.25) is 4.79 Å². The Balaban J connectivity index is 2.03. The number of hydrogen-bond acceptors (Lipinski definition) is 4. The van der Waals surface area contributed by atoms with Gasteiger partial charge in [-0.15, -0.1) is 11.3 Å². The monoisotopic (exact) mass is 274 g/mol. The van der Waals surface area contributed by atoms with E-state index in [0.29, 0.717) is 11.3 Å². The number of nitrogens with zero attached hydrogens (tertiary/aromatic N) is 1. The van der Waals surface area contributed by atoms with Crippen molar-refractivity contribution in [2.45, 2.75) is 13.5 Å². The van der Waals surface area contributed by atoms with Gasteiger partial charge in [0.2, 0.25) is 5.91 Å². The highest BCUT2D eigenvalue weighted by molar-refractivity contribution is 7.09. The van der Waals surface area contributed by atoms with Crippen LogP contribution in [0.3, 0.4) is 0 Å². The predicted octanol–water partition coefficient (Wildman–Crippen LogP) is 2.60. The van der Waals surface area contributed by atoms with Crippen molar-refractivity contribution in [1.82, 2.24) is 4.98 Å². The maximum absolute atomic E-state index is 11.8. The highest BCUT2D eigenvalue weighted by atomic mass is 32.1. The summed E-state index contributed by atoms with van der Waals surface area (Å²) in [5.74, 6) is -0.244. The molecule has 0 fully saturated rings. The van der Waals surface area contributed by atoms with Crippen LogP contribution in [0.15, 0.2) is 35.7 Å². The molecule has 0 spiro atoms. The second-order valence-electron chi connectivity index (χ2n) is 3.93. The zero-order valence-corrected chi connectivity index (χ0v) is 11.3. The van der Waals surface area contributed by atoms with Gasteiger partial charge in [0.25, 0.3) is 0 Å². The average molecular weight is 274 g/mol. The first-order valence-electron chi connectivity index (χ1n) is 5.79. The van der Waals surface area contributed by atoms with Gasteiger partial charge in [0, 0.05) is 22.7 Å². The molecule has 1 aromatic heterocycles. The minimum Gasteiger partial charge on any atom is -0.392 e. The van der Waals surface area contributed by atoms with Gasteiger partial charge in [-0.2, -0.15) is 0 Å². The molecule has 0 aliphatic rings. The van der Waals surface area contributed by atoms with Gasteiger partial charge in [0.05, 0.1) is 17.3 Å². The van der Waals surface area contributed by atoms with E-state index in [1.165, 1.54) is 17.4 Å². The van der Waals surface area contributed by atoms with E-state index in [9.17, 15) is 4.79 Å². The number of thiazole rings is 1. The summed E-state index contributed by atoms with van der Waals surface area (Å²) in [5.41, 5.74) is 2.08. The summed E-state index contributed by atoms with van der Waals surface area (Å²) in [6.07, 6.45) is 3.10. The maximum Gasteiger partial charge on any atom is 0.248 e. The predicted molar refractivity (Wildman–Crippen MR) is 76.9 cm³/mol. The molecule has 98 valence electrons. The summed E-state index contributed by atoms with van der Waals surface area (Å²) in [4.78, 5) is 16.0.